The van der Waals surface area contributed by atoms with Crippen LogP contribution in [0.2, 0.25) is 0 Å². The molecule has 4 aliphatic carbocycles. The number of aliphatic hydroxyl groups is 2. The lowest BCUT2D eigenvalue weighted by Gasteiger charge is -2.64. The quantitative estimate of drug-likeness (QED) is 0.569. The van der Waals surface area contributed by atoms with E-state index in [1.807, 2.05) is 0 Å². The average Bonchev–Trinajstić information content (AvgIpc) is 3.11. The smallest absolute Gasteiger partial charge is 0.303 e. The molecule has 30 heavy (non-hydrogen) atoms. The van der Waals surface area contributed by atoms with Crippen LogP contribution in [0.4, 0.5) is 0 Å². The van der Waals surface area contributed by atoms with E-state index in [1.165, 1.54) is 0 Å². The number of aliphatic carboxylic acids is 1. The Bertz CT molecular complexity index is 942. The molecule has 4 nitrogen and oxygen atoms in total. The molecule has 0 radical (unpaired) electrons. The number of carbonyl (C=O) groups is 1. The molecule has 0 amide bonds. The molecule has 0 aromatic carbocycles. The van der Waals surface area contributed by atoms with Gasteiger partial charge in [0, 0.05) is 13.3 Å². The molecule has 0 saturated heterocycles. The van der Waals surface area contributed by atoms with E-state index in [2.05, 4.69) is 13.8 Å². The molecular weight excluding hydrogens is 376 g/mol. The SMILES string of the molecule is [2H]C1([2H])C[C@]2(C)C3CC[C@@]4(C)C(CC[C@@H]4[C@H](C)CCC(=O)O)C3[C@]([2H])(O)[C@@]([2H])(CC)C2C([2H])([2H])[C@]1([2H])O. The van der Waals surface area contributed by atoms with Gasteiger partial charge in [0.25, 0.3) is 0 Å². The van der Waals surface area contributed by atoms with Gasteiger partial charge < -0.3 is 15.3 Å². The second-order valence-electron chi connectivity index (χ2n) is 10.9. The predicted molar refractivity (Wildman–Crippen MR) is 118 cm³/mol. The van der Waals surface area contributed by atoms with Gasteiger partial charge in [0.05, 0.1) is 14.9 Å². The molecule has 0 aromatic rings. The van der Waals surface area contributed by atoms with Crippen LogP contribution in [0, 0.1) is 52.2 Å². The van der Waals surface area contributed by atoms with Crippen molar-refractivity contribution in [2.24, 2.45) is 52.2 Å². The van der Waals surface area contributed by atoms with Gasteiger partial charge in [-0.2, -0.15) is 0 Å². The summed E-state index contributed by atoms with van der Waals surface area (Å²) in [5, 5.41) is 32.1. The summed E-state index contributed by atoms with van der Waals surface area (Å²) in [6.07, 6.45) is -7.92. The average molecular weight is 428 g/mol. The van der Waals surface area contributed by atoms with Crippen LogP contribution in [0.1, 0.15) is 101 Å². The van der Waals surface area contributed by atoms with Gasteiger partial charge in [0.15, 0.2) is 0 Å². The first-order chi connectivity index (χ1) is 16.7. The number of hydrogen-bond donors (Lipinski definition) is 3. The van der Waals surface area contributed by atoms with Crippen LogP contribution < -0.4 is 0 Å². The number of carboxylic acid groups (broad SMARTS) is 1. The highest BCUT2D eigenvalue weighted by Gasteiger charge is 2.64. The fourth-order valence-electron chi connectivity index (χ4n) is 8.09. The molecule has 4 aliphatic rings. The van der Waals surface area contributed by atoms with Crippen molar-refractivity contribution in [3.63, 3.8) is 0 Å². The van der Waals surface area contributed by atoms with Gasteiger partial charge in [-0.15, -0.1) is 0 Å². The Morgan fingerprint density at radius 2 is 1.83 bits per heavy atom. The predicted octanol–water partition coefficient (Wildman–Crippen LogP) is 5.11. The zero-order valence-electron chi connectivity index (χ0n) is 25.9. The second-order valence-corrected chi connectivity index (χ2v) is 10.9. The van der Waals surface area contributed by atoms with Gasteiger partial charge in [-0.25, -0.2) is 0 Å². The first-order valence-corrected chi connectivity index (χ1v) is 11.8. The fourth-order valence-corrected chi connectivity index (χ4v) is 8.09. The molecule has 4 fully saturated rings. The van der Waals surface area contributed by atoms with Crippen LogP contribution in [0.3, 0.4) is 0 Å². The van der Waals surface area contributed by atoms with E-state index >= 15 is 0 Å². The highest BCUT2D eigenvalue weighted by atomic mass is 16.4. The molecule has 4 unspecified atom stereocenters. The topological polar surface area (TPSA) is 77.8 Å². The first kappa shape index (κ1) is 15.3. The van der Waals surface area contributed by atoms with E-state index in [4.69, 9.17) is 6.85 Å². The third-order valence-electron chi connectivity index (χ3n) is 9.64. The summed E-state index contributed by atoms with van der Waals surface area (Å²) < 4.78 is 62.1. The van der Waals surface area contributed by atoms with Crippen LogP contribution in [-0.4, -0.2) is 33.4 Å². The van der Waals surface area contributed by atoms with Crippen LogP contribution in [0.15, 0.2) is 0 Å². The summed E-state index contributed by atoms with van der Waals surface area (Å²) in [7, 11) is 0. The molecule has 0 aliphatic heterocycles. The van der Waals surface area contributed by atoms with Crippen molar-refractivity contribution in [2.45, 2.75) is 104 Å². The maximum Gasteiger partial charge on any atom is 0.303 e. The maximum absolute atomic E-state index is 12.0. The lowest BCUT2D eigenvalue weighted by molar-refractivity contribution is -0.203. The van der Waals surface area contributed by atoms with Crippen molar-refractivity contribution in [2.75, 3.05) is 0 Å². The van der Waals surface area contributed by atoms with Crippen LogP contribution >= 0.6 is 0 Å². The van der Waals surface area contributed by atoms with Gasteiger partial charge in [-0.05, 0) is 104 Å². The Labute approximate surface area is 192 Å². The monoisotopic (exact) mass is 427 g/mol. The fraction of sp³-hybridized carbons (Fsp3) is 0.962. The molecule has 0 spiro atoms. The summed E-state index contributed by atoms with van der Waals surface area (Å²) in [5.41, 5.74) is -1.43. The molecule has 0 heterocycles. The summed E-state index contributed by atoms with van der Waals surface area (Å²) in [6, 6.07) is 0. The normalized spacial score (nSPS) is 65.7. The molecule has 3 N–H and O–H groups in total. The number of carboxylic acids is 1. The maximum atomic E-state index is 12.0. The largest absolute Gasteiger partial charge is 0.481 e. The lowest BCUT2D eigenvalue weighted by Crippen LogP contribution is -2.62. The van der Waals surface area contributed by atoms with Gasteiger partial charge in [0.1, 0.15) is 0 Å². The third-order valence-corrected chi connectivity index (χ3v) is 9.64. The summed E-state index contributed by atoms with van der Waals surface area (Å²) in [6.45, 7) is 7.62. The number of fused-ring (bicyclic) bond motifs is 5. The highest BCUT2D eigenvalue weighted by Crippen LogP contribution is 2.69. The van der Waals surface area contributed by atoms with Gasteiger partial charge in [-0.3, -0.25) is 4.79 Å². The van der Waals surface area contributed by atoms with Gasteiger partial charge in [-0.1, -0.05) is 34.1 Å². The lowest BCUT2D eigenvalue weighted by atomic mass is 9.41. The zero-order chi connectivity index (χ0) is 28.2. The Morgan fingerprint density at radius 1 is 1.13 bits per heavy atom. The number of rotatable bonds is 5. The van der Waals surface area contributed by atoms with E-state index in [0.717, 1.165) is 12.8 Å². The molecule has 4 heteroatoms. The minimum Gasteiger partial charge on any atom is -0.481 e. The second kappa shape index (κ2) is 8.06. The summed E-state index contributed by atoms with van der Waals surface area (Å²) >= 11 is 0. The van der Waals surface area contributed by atoms with Crippen LogP contribution in [-0.2, 0) is 4.79 Å². The van der Waals surface area contributed by atoms with Crippen molar-refractivity contribution >= 4 is 5.97 Å². The zero-order valence-corrected chi connectivity index (χ0v) is 18.9. The van der Waals surface area contributed by atoms with E-state index < -0.39 is 59.9 Å². The standard InChI is InChI=1S/C26H44O4/c1-5-17-21-14-16(27)10-12-26(21,4)20-11-13-25(3)18(15(2)6-9-22(28)29)7-8-19(25)23(20)24(17)30/h15-21,23-24,27,30H,5-14H2,1-4H3,(H,28,29)/t15-,16-,17+,18-,19?,20?,21?,23?,24-,25-,26-/m1/s1/i10D2,14D2,16D,17D,24D. The third kappa shape index (κ3) is 3.36. The van der Waals surface area contributed by atoms with Crippen molar-refractivity contribution in [3.05, 3.63) is 0 Å². The molecule has 0 aromatic heterocycles. The van der Waals surface area contributed by atoms with Gasteiger partial charge >= 0.3 is 5.97 Å². The first-order valence-electron chi connectivity index (χ1n) is 15.3. The van der Waals surface area contributed by atoms with E-state index in [0.29, 0.717) is 19.3 Å². The van der Waals surface area contributed by atoms with Crippen molar-refractivity contribution in [3.8, 4) is 0 Å². The Morgan fingerprint density at radius 3 is 2.50 bits per heavy atom. The van der Waals surface area contributed by atoms with E-state index in [9.17, 15) is 22.9 Å². The van der Waals surface area contributed by atoms with E-state index in [-0.39, 0.29) is 42.4 Å². The van der Waals surface area contributed by atoms with Crippen LogP contribution in [0.25, 0.3) is 0 Å². The Kier molecular flexibility index (Phi) is 4.10. The molecule has 4 saturated carbocycles. The van der Waals surface area contributed by atoms with Gasteiger partial charge in [0.2, 0.25) is 0 Å². The minimum absolute atomic E-state index is 0.0725. The Hall–Kier alpha value is -0.610. The number of hydrogen-bond acceptors (Lipinski definition) is 3. The van der Waals surface area contributed by atoms with Crippen LogP contribution in [0.5, 0.6) is 0 Å². The molecule has 4 rings (SSSR count). The Balaban J connectivity index is 1.83. The summed E-state index contributed by atoms with van der Waals surface area (Å²) in [5.74, 6) is -5.26. The highest BCUT2D eigenvalue weighted by molar-refractivity contribution is 5.66. The molecule has 172 valence electrons. The molecule has 0 bridgehead atoms. The minimum atomic E-state index is -3.13. The van der Waals surface area contributed by atoms with Crippen molar-refractivity contribution in [1.29, 1.82) is 0 Å². The molecular formula is C26H44O4. The summed E-state index contributed by atoms with van der Waals surface area (Å²) in [4.78, 5) is 11.2. The molecule has 11 atom stereocenters. The van der Waals surface area contributed by atoms with Crippen molar-refractivity contribution in [1.82, 2.24) is 0 Å². The van der Waals surface area contributed by atoms with Crippen molar-refractivity contribution < 1.29 is 29.7 Å². The van der Waals surface area contributed by atoms with E-state index in [1.54, 1.807) is 13.8 Å².